The summed E-state index contributed by atoms with van der Waals surface area (Å²) in [5, 5.41) is 4.10. The Morgan fingerprint density at radius 2 is 2.24 bits per heavy atom. The fourth-order valence-electron chi connectivity index (χ4n) is 1.93. The molecule has 0 spiro atoms. The number of benzene rings is 1. The first-order valence-electron chi connectivity index (χ1n) is 5.83. The van der Waals surface area contributed by atoms with E-state index in [-0.39, 0.29) is 6.04 Å². The van der Waals surface area contributed by atoms with Crippen molar-refractivity contribution in [3.05, 3.63) is 46.0 Å². The third-order valence-electron chi connectivity index (χ3n) is 2.79. The van der Waals surface area contributed by atoms with E-state index in [1.165, 1.54) is 22.7 Å². The van der Waals surface area contributed by atoms with Gasteiger partial charge in [0.25, 0.3) is 0 Å². The maximum Gasteiger partial charge on any atom is 0.0801 e. The van der Waals surface area contributed by atoms with Crippen LogP contribution >= 0.6 is 11.5 Å². The smallest absolute Gasteiger partial charge is 0.0801 e. The second-order valence-corrected chi connectivity index (χ2v) is 5.02. The van der Waals surface area contributed by atoms with Gasteiger partial charge in [-0.1, -0.05) is 41.2 Å². The summed E-state index contributed by atoms with van der Waals surface area (Å²) in [5.41, 5.74) is 9.81. The molecule has 2 rings (SSSR count). The zero-order valence-corrected chi connectivity index (χ0v) is 11.0. The largest absolute Gasteiger partial charge is 0.323 e. The van der Waals surface area contributed by atoms with Crippen molar-refractivity contribution < 1.29 is 0 Å². The molecule has 1 atom stereocenters. The first-order chi connectivity index (χ1) is 8.20. The number of hydrogen-bond acceptors (Lipinski definition) is 4. The lowest BCUT2D eigenvalue weighted by atomic mass is 10.0. The molecule has 2 aromatic rings. The molecule has 0 bridgehead atoms. The van der Waals surface area contributed by atoms with E-state index >= 15 is 0 Å². The van der Waals surface area contributed by atoms with Crippen LogP contribution in [0.15, 0.2) is 24.3 Å². The highest BCUT2D eigenvalue weighted by atomic mass is 32.1. The molecule has 2 N–H and O–H groups in total. The summed E-state index contributed by atoms with van der Waals surface area (Å²) in [5.74, 6) is 0. The van der Waals surface area contributed by atoms with Crippen LogP contribution in [-0.4, -0.2) is 9.59 Å². The number of aromatic nitrogens is 2. The Hall–Kier alpha value is -1.26. The summed E-state index contributed by atoms with van der Waals surface area (Å²) in [7, 11) is 0. The Balaban J connectivity index is 2.14. The van der Waals surface area contributed by atoms with Crippen LogP contribution in [0.5, 0.6) is 0 Å². The van der Waals surface area contributed by atoms with E-state index in [0.717, 1.165) is 23.4 Å². The highest BCUT2D eigenvalue weighted by molar-refractivity contribution is 7.05. The van der Waals surface area contributed by atoms with Crippen LogP contribution in [0.3, 0.4) is 0 Å². The third kappa shape index (κ3) is 2.90. The molecule has 1 unspecified atom stereocenters. The molecule has 0 fully saturated rings. The molecule has 3 nitrogen and oxygen atoms in total. The number of hydrogen-bond donors (Lipinski definition) is 1. The Morgan fingerprint density at radius 1 is 1.41 bits per heavy atom. The molecule has 0 aliphatic heterocycles. The Morgan fingerprint density at radius 3 is 2.94 bits per heavy atom. The van der Waals surface area contributed by atoms with Crippen LogP contribution in [0.2, 0.25) is 0 Å². The van der Waals surface area contributed by atoms with Gasteiger partial charge in [-0.15, -0.1) is 5.10 Å². The third-order valence-corrected chi connectivity index (χ3v) is 3.69. The maximum atomic E-state index is 6.23. The topological polar surface area (TPSA) is 51.8 Å². The SMILES string of the molecule is CCc1nnsc1C(N)Cc1cccc(C)c1. The highest BCUT2D eigenvalue weighted by Gasteiger charge is 2.14. The standard InChI is InChI=1S/C13H17N3S/c1-3-12-13(17-16-15-12)11(14)8-10-6-4-5-9(2)7-10/h4-7,11H,3,8,14H2,1-2H3. The zero-order valence-electron chi connectivity index (χ0n) is 10.2. The van der Waals surface area contributed by atoms with Crippen molar-refractivity contribution in [3.8, 4) is 0 Å². The predicted molar refractivity (Wildman–Crippen MR) is 71.1 cm³/mol. The van der Waals surface area contributed by atoms with Gasteiger partial charge in [0.05, 0.1) is 10.6 Å². The summed E-state index contributed by atoms with van der Waals surface area (Å²) < 4.78 is 3.98. The highest BCUT2D eigenvalue weighted by Crippen LogP contribution is 2.22. The van der Waals surface area contributed by atoms with Gasteiger partial charge in [-0.3, -0.25) is 0 Å². The second kappa shape index (κ2) is 5.38. The molecule has 0 amide bonds. The maximum absolute atomic E-state index is 6.23. The molecule has 17 heavy (non-hydrogen) atoms. The first-order valence-corrected chi connectivity index (χ1v) is 6.60. The van der Waals surface area contributed by atoms with E-state index in [1.54, 1.807) is 0 Å². The second-order valence-electron chi connectivity index (χ2n) is 4.24. The summed E-state index contributed by atoms with van der Waals surface area (Å²) in [6.45, 7) is 4.18. The van der Waals surface area contributed by atoms with Gasteiger partial charge in [-0.05, 0) is 36.9 Å². The quantitative estimate of drug-likeness (QED) is 0.903. The summed E-state index contributed by atoms with van der Waals surface area (Å²) >= 11 is 1.42. The van der Waals surface area contributed by atoms with Crippen LogP contribution in [0.25, 0.3) is 0 Å². The van der Waals surface area contributed by atoms with Gasteiger partial charge >= 0.3 is 0 Å². The normalized spacial score (nSPS) is 12.6. The fraction of sp³-hybridized carbons (Fsp3) is 0.385. The average molecular weight is 247 g/mol. The lowest BCUT2D eigenvalue weighted by molar-refractivity contribution is 0.722. The Labute approximate surface area is 106 Å². The number of nitrogens with zero attached hydrogens (tertiary/aromatic N) is 2. The minimum absolute atomic E-state index is 0.00625. The van der Waals surface area contributed by atoms with Gasteiger partial charge < -0.3 is 5.73 Å². The van der Waals surface area contributed by atoms with Gasteiger partial charge in [0.1, 0.15) is 0 Å². The zero-order chi connectivity index (χ0) is 12.3. The molecular weight excluding hydrogens is 230 g/mol. The molecule has 0 radical (unpaired) electrons. The Kier molecular flexibility index (Phi) is 3.86. The first kappa shape index (κ1) is 12.2. The van der Waals surface area contributed by atoms with E-state index < -0.39 is 0 Å². The predicted octanol–water partition coefficient (Wildman–Crippen LogP) is 2.65. The molecule has 0 aliphatic rings. The van der Waals surface area contributed by atoms with Crippen molar-refractivity contribution >= 4 is 11.5 Å². The van der Waals surface area contributed by atoms with Gasteiger partial charge in [-0.2, -0.15) is 0 Å². The number of aryl methyl sites for hydroxylation is 2. The van der Waals surface area contributed by atoms with Crippen molar-refractivity contribution in [1.29, 1.82) is 0 Å². The monoisotopic (exact) mass is 247 g/mol. The summed E-state index contributed by atoms with van der Waals surface area (Å²) in [6, 6.07) is 8.48. The van der Waals surface area contributed by atoms with Crippen molar-refractivity contribution in [2.75, 3.05) is 0 Å². The van der Waals surface area contributed by atoms with Crippen molar-refractivity contribution in [2.24, 2.45) is 5.73 Å². The molecule has 1 heterocycles. The molecule has 0 saturated carbocycles. The van der Waals surface area contributed by atoms with Crippen LogP contribution in [0, 0.1) is 6.92 Å². The minimum atomic E-state index is 0.00625. The van der Waals surface area contributed by atoms with Crippen LogP contribution < -0.4 is 5.73 Å². The van der Waals surface area contributed by atoms with Crippen molar-refractivity contribution in [3.63, 3.8) is 0 Å². The van der Waals surface area contributed by atoms with Gasteiger partial charge in [0.15, 0.2) is 0 Å². The number of nitrogens with two attached hydrogens (primary N) is 1. The molecule has 0 aliphatic carbocycles. The molecule has 0 saturated heterocycles. The van der Waals surface area contributed by atoms with E-state index in [9.17, 15) is 0 Å². The van der Waals surface area contributed by atoms with Gasteiger partial charge in [0.2, 0.25) is 0 Å². The van der Waals surface area contributed by atoms with Crippen LogP contribution in [-0.2, 0) is 12.8 Å². The molecule has 4 heteroatoms. The van der Waals surface area contributed by atoms with Crippen LogP contribution in [0.1, 0.15) is 34.7 Å². The van der Waals surface area contributed by atoms with Crippen LogP contribution in [0.4, 0.5) is 0 Å². The molecule has 1 aromatic carbocycles. The average Bonchev–Trinajstić information content (AvgIpc) is 2.77. The summed E-state index contributed by atoms with van der Waals surface area (Å²) in [4.78, 5) is 1.12. The van der Waals surface area contributed by atoms with Crippen molar-refractivity contribution in [2.45, 2.75) is 32.7 Å². The summed E-state index contributed by atoms with van der Waals surface area (Å²) in [6.07, 6.45) is 1.74. The lowest BCUT2D eigenvalue weighted by Crippen LogP contribution is -2.13. The lowest BCUT2D eigenvalue weighted by Gasteiger charge is -2.10. The van der Waals surface area contributed by atoms with Crippen molar-refractivity contribution in [1.82, 2.24) is 9.59 Å². The molecule has 90 valence electrons. The van der Waals surface area contributed by atoms with E-state index in [0.29, 0.717) is 0 Å². The fourth-order valence-corrected chi connectivity index (χ4v) is 2.66. The van der Waals surface area contributed by atoms with Gasteiger partial charge in [-0.25, -0.2) is 0 Å². The minimum Gasteiger partial charge on any atom is -0.323 e. The van der Waals surface area contributed by atoms with E-state index in [1.807, 2.05) is 0 Å². The van der Waals surface area contributed by atoms with E-state index in [4.69, 9.17) is 5.73 Å². The van der Waals surface area contributed by atoms with E-state index in [2.05, 4.69) is 47.7 Å². The Bertz CT molecular complexity index is 493. The van der Waals surface area contributed by atoms with Gasteiger partial charge in [0, 0.05) is 6.04 Å². The number of rotatable bonds is 4. The molecule has 1 aromatic heterocycles. The molecular formula is C13H17N3S.